The van der Waals surface area contributed by atoms with Gasteiger partial charge in [-0.1, -0.05) is 35.5 Å². The minimum absolute atomic E-state index is 0.0170. The van der Waals surface area contributed by atoms with E-state index in [9.17, 15) is 4.79 Å². The molecule has 3 rings (SSSR count). The molecule has 154 valence electrons. The van der Waals surface area contributed by atoms with Crippen molar-refractivity contribution in [3.05, 3.63) is 59.7 Å². The van der Waals surface area contributed by atoms with Gasteiger partial charge in [0.25, 0.3) is 5.91 Å². The van der Waals surface area contributed by atoms with Gasteiger partial charge in [-0.25, -0.2) is 0 Å². The summed E-state index contributed by atoms with van der Waals surface area (Å²) in [5.74, 6) is 1.25. The Morgan fingerprint density at radius 3 is 2.76 bits per heavy atom. The average Bonchev–Trinajstić information content (AvgIpc) is 2.76. The van der Waals surface area contributed by atoms with Crippen molar-refractivity contribution in [2.24, 2.45) is 5.16 Å². The number of benzene rings is 2. The van der Waals surface area contributed by atoms with Crippen molar-refractivity contribution in [3.8, 4) is 11.5 Å². The standard InChI is InChI=1S/C23H28N2O4/c1-18-8-6-7-13-25(18)23(26)17-29-24-15-20-11-12-21(22(14-20)27-2)28-16-19-9-4-3-5-10-19/h3-5,9-12,14-15,18H,6-8,13,16-17H2,1-2H3/b24-15-/t18-/m0/s1. The van der Waals surface area contributed by atoms with E-state index in [0.717, 1.165) is 30.5 Å². The molecule has 2 aromatic rings. The fourth-order valence-corrected chi connectivity index (χ4v) is 3.36. The number of hydrogen-bond donors (Lipinski definition) is 0. The van der Waals surface area contributed by atoms with Gasteiger partial charge in [0.15, 0.2) is 18.1 Å². The van der Waals surface area contributed by atoms with Crippen LogP contribution in [0.25, 0.3) is 0 Å². The summed E-state index contributed by atoms with van der Waals surface area (Å²) >= 11 is 0. The van der Waals surface area contributed by atoms with Gasteiger partial charge >= 0.3 is 0 Å². The van der Waals surface area contributed by atoms with Gasteiger partial charge in [0, 0.05) is 18.2 Å². The largest absolute Gasteiger partial charge is 0.493 e. The summed E-state index contributed by atoms with van der Waals surface area (Å²) < 4.78 is 11.3. The zero-order valence-corrected chi connectivity index (χ0v) is 17.0. The third kappa shape index (κ3) is 5.98. The van der Waals surface area contributed by atoms with E-state index in [1.54, 1.807) is 13.3 Å². The Balaban J connectivity index is 1.52. The van der Waals surface area contributed by atoms with E-state index < -0.39 is 0 Å². The van der Waals surface area contributed by atoms with Crippen LogP contribution in [0.1, 0.15) is 37.3 Å². The van der Waals surface area contributed by atoms with Gasteiger partial charge in [-0.15, -0.1) is 0 Å². The van der Waals surface area contributed by atoms with Crippen molar-refractivity contribution in [3.63, 3.8) is 0 Å². The van der Waals surface area contributed by atoms with Crippen LogP contribution in [-0.2, 0) is 16.2 Å². The van der Waals surface area contributed by atoms with Crippen LogP contribution in [0, 0.1) is 0 Å². The van der Waals surface area contributed by atoms with Crippen LogP contribution in [0.3, 0.4) is 0 Å². The fourth-order valence-electron chi connectivity index (χ4n) is 3.36. The SMILES string of the molecule is COc1cc(/C=N\OCC(=O)N2CCCC[C@@H]2C)ccc1OCc1ccccc1. The van der Waals surface area contributed by atoms with E-state index in [1.807, 2.05) is 53.4 Å². The smallest absolute Gasteiger partial charge is 0.263 e. The molecule has 0 saturated carbocycles. The van der Waals surface area contributed by atoms with Crippen LogP contribution in [0.2, 0.25) is 0 Å². The van der Waals surface area contributed by atoms with Gasteiger partial charge in [0.05, 0.1) is 13.3 Å². The quantitative estimate of drug-likeness (QED) is 0.499. The molecule has 29 heavy (non-hydrogen) atoms. The molecule has 0 N–H and O–H groups in total. The van der Waals surface area contributed by atoms with E-state index in [0.29, 0.717) is 18.1 Å². The second-order valence-corrected chi connectivity index (χ2v) is 7.12. The van der Waals surface area contributed by atoms with Gasteiger partial charge in [-0.2, -0.15) is 0 Å². The lowest BCUT2D eigenvalue weighted by atomic mass is 10.0. The predicted octanol–water partition coefficient (Wildman–Crippen LogP) is 4.03. The monoisotopic (exact) mass is 396 g/mol. The van der Waals surface area contributed by atoms with E-state index in [2.05, 4.69) is 12.1 Å². The van der Waals surface area contributed by atoms with Gasteiger partial charge in [-0.05, 0) is 49.9 Å². The highest BCUT2D eigenvalue weighted by molar-refractivity contribution is 5.81. The summed E-state index contributed by atoms with van der Waals surface area (Å²) in [5, 5.41) is 3.93. The van der Waals surface area contributed by atoms with Gasteiger partial charge in [-0.3, -0.25) is 4.79 Å². The van der Waals surface area contributed by atoms with Crippen molar-refractivity contribution in [2.75, 3.05) is 20.3 Å². The third-order valence-electron chi connectivity index (χ3n) is 5.01. The molecule has 1 atom stereocenters. The lowest BCUT2D eigenvalue weighted by Crippen LogP contribution is -2.43. The fraction of sp³-hybridized carbons (Fsp3) is 0.391. The Morgan fingerprint density at radius 1 is 1.17 bits per heavy atom. The minimum atomic E-state index is -0.0454. The van der Waals surface area contributed by atoms with E-state index >= 15 is 0 Å². The van der Waals surface area contributed by atoms with Gasteiger partial charge < -0.3 is 19.2 Å². The molecule has 2 aromatic carbocycles. The lowest BCUT2D eigenvalue weighted by Gasteiger charge is -2.32. The molecular formula is C23H28N2O4. The zero-order valence-electron chi connectivity index (χ0n) is 17.0. The first-order valence-electron chi connectivity index (χ1n) is 9.97. The number of hydrogen-bond acceptors (Lipinski definition) is 5. The second-order valence-electron chi connectivity index (χ2n) is 7.12. The summed E-state index contributed by atoms with van der Waals surface area (Å²) in [4.78, 5) is 19.3. The normalized spacial score (nSPS) is 16.6. The molecule has 1 aliphatic heterocycles. The summed E-state index contributed by atoms with van der Waals surface area (Å²) in [6.45, 7) is 3.30. The van der Waals surface area contributed by atoms with Crippen LogP contribution in [-0.4, -0.2) is 43.3 Å². The van der Waals surface area contributed by atoms with Gasteiger partial charge in [0.2, 0.25) is 0 Å². The van der Waals surface area contributed by atoms with E-state index in [-0.39, 0.29) is 18.6 Å². The average molecular weight is 396 g/mol. The maximum atomic E-state index is 12.2. The van der Waals surface area contributed by atoms with Gasteiger partial charge in [0.1, 0.15) is 6.61 Å². The second kappa shape index (κ2) is 10.5. The van der Waals surface area contributed by atoms with E-state index in [4.69, 9.17) is 14.3 Å². The summed E-state index contributed by atoms with van der Waals surface area (Å²) in [7, 11) is 1.60. The molecule has 0 spiro atoms. The Labute approximate surface area is 172 Å². The highest BCUT2D eigenvalue weighted by Crippen LogP contribution is 2.28. The zero-order chi connectivity index (χ0) is 20.5. The molecule has 0 aliphatic carbocycles. The first-order chi connectivity index (χ1) is 14.2. The molecule has 0 radical (unpaired) electrons. The number of carbonyl (C=O) groups excluding carboxylic acids is 1. The third-order valence-corrected chi connectivity index (χ3v) is 5.01. The topological polar surface area (TPSA) is 60.4 Å². The number of piperidine rings is 1. The first kappa shape index (κ1) is 20.7. The van der Waals surface area contributed by atoms with Crippen molar-refractivity contribution in [1.82, 2.24) is 4.90 Å². The molecule has 6 nitrogen and oxygen atoms in total. The number of oxime groups is 1. The molecule has 6 heteroatoms. The Morgan fingerprint density at radius 2 is 2.00 bits per heavy atom. The predicted molar refractivity (Wildman–Crippen MR) is 112 cm³/mol. The highest BCUT2D eigenvalue weighted by Gasteiger charge is 2.23. The molecular weight excluding hydrogens is 368 g/mol. The Bertz CT molecular complexity index is 823. The van der Waals surface area contributed by atoms with Crippen LogP contribution >= 0.6 is 0 Å². The number of ether oxygens (including phenoxy) is 2. The van der Waals surface area contributed by atoms with Crippen molar-refractivity contribution in [1.29, 1.82) is 0 Å². The first-order valence-corrected chi connectivity index (χ1v) is 9.97. The summed E-state index contributed by atoms with van der Waals surface area (Å²) in [6, 6.07) is 15.7. The van der Waals surface area contributed by atoms with Crippen molar-refractivity contribution < 1.29 is 19.1 Å². The maximum absolute atomic E-state index is 12.2. The Kier molecular flexibility index (Phi) is 7.50. The summed E-state index contributed by atoms with van der Waals surface area (Å²) in [5.41, 5.74) is 1.88. The van der Waals surface area contributed by atoms with Crippen molar-refractivity contribution in [2.45, 2.75) is 38.8 Å². The van der Waals surface area contributed by atoms with Crippen LogP contribution in [0.15, 0.2) is 53.7 Å². The minimum Gasteiger partial charge on any atom is -0.493 e. The highest BCUT2D eigenvalue weighted by atomic mass is 16.6. The molecule has 1 amide bonds. The summed E-state index contributed by atoms with van der Waals surface area (Å²) in [6.07, 6.45) is 4.85. The van der Waals surface area contributed by atoms with Crippen LogP contribution in [0.5, 0.6) is 11.5 Å². The molecule has 1 fully saturated rings. The van der Waals surface area contributed by atoms with Crippen LogP contribution < -0.4 is 9.47 Å². The number of methoxy groups -OCH3 is 1. The number of carbonyl (C=O) groups is 1. The Hall–Kier alpha value is -3.02. The molecule has 1 saturated heterocycles. The maximum Gasteiger partial charge on any atom is 0.263 e. The molecule has 0 aromatic heterocycles. The number of rotatable bonds is 8. The number of amides is 1. The molecule has 0 bridgehead atoms. The number of likely N-dealkylation sites (tertiary alicyclic amines) is 1. The number of nitrogens with zero attached hydrogens (tertiary/aromatic N) is 2. The van der Waals surface area contributed by atoms with Crippen molar-refractivity contribution >= 4 is 12.1 Å². The molecule has 0 unspecified atom stereocenters. The van der Waals surface area contributed by atoms with Crippen LogP contribution in [0.4, 0.5) is 0 Å². The van der Waals surface area contributed by atoms with E-state index in [1.165, 1.54) is 6.42 Å². The lowest BCUT2D eigenvalue weighted by molar-refractivity contribution is -0.139. The molecule has 1 aliphatic rings. The molecule has 1 heterocycles.